The summed E-state index contributed by atoms with van der Waals surface area (Å²) in [5.41, 5.74) is 10.4. The number of aliphatic imine (C=N–C) groups is 2. The summed E-state index contributed by atoms with van der Waals surface area (Å²) in [5.74, 6) is 0.650. The number of amidine groups is 1. The van der Waals surface area contributed by atoms with Gasteiger partial charge in [-0.2, -0.15) is 0 Å². The molecule has 49 heavy (non-hydrogen) atoms. The number of rotatable bonds is 6. The maximum Gasteiger partial charge on any atom is 0.154 e. The van der Waals surface area contributed by atoms with E-state index in [0.717, 1.165) is 27.9 Å². The second-order valence-electron chi connectivity index (χ2n) is 12.3. The summed E-state index contributed by atoms with van der Waals surface area (Å²) in [6, 6.07) is 58.6. The highest BCUT2D eigenvalue weighted by Gasteiger charge is 2.16. The largest absolute Gasteiger partial charge is 0.309 e. The van der Waals surface area contributed by atoms with Gasteiger partial charge in [0.05, 0.1) is 17.6 Å². The number of para-hydroxylation sites is 1. The minimum absolute atomic E-state index is 0.568. The Labute approximate surface area is 288 Å². The molecular formula is C45H31N3S. The van der Waals surface area contributed by atoms with Crippen LogP contribution in [0.25, 0.3) is 69.9 Å². The van der Waals surface area contributed by atoms with Gasteiger partial charge in [0.15, 0.2) is 5.84 Å². The second-order valence-corrected chi connectivity index (χ2v) is 13.3. The maximum absolute atomic E-state index is 4.73. The molecule has 0 aliphatic heterocycles. The van der Waals surface area contributed by atoms with Gasteiger partial charge in [-0.1, -0.05) is 133 Å². The van der Waals surface area contributed by atoms with Crippen LogP contribution in [0.3, 0.4) is 0 Å². The first kappa shape index (κ1) is 29.1. The Morgan fingerprint density at radius 2 is 1.27 bits per heavy atom. The molecule has 0 bridgehead atoms. The van der Waals surface area contributed by atoms with E-state index in [4.69, 9.17) is 4.99 Å². The van der Waals surface area contributed by atoms with Crippen molar-refractivity contribution >= 4 is 65.9 Å². The van der Waals surface area contributed by atoms with Crippen LogP contribution in [-0.4, -0.2) is 17.1 Å². The Kier molecular flexibility index (Phi) is 7.22. The summed E-state index contributed by atoms with van der Waals surface area (Å²) in [4.78, 5) is 8.97. The van der Waals surface area contributed by atoms with E-state index in [1.54, 1.807) is 0 Å². The Bertz CT molecular complexity index is 2700. The molecule has 7 aromatic carbocycles. The van der Waals surface area contributed by atoms with Crippen molar-refractivity contribution in [3.63, 3.8) is 0 Å². The van der Waals surface area contributed by atoms with Gasteiger partial charge in [0.1, 0.15) is 0 Å². The number of hydrogen-bond donors (Lipinski definition) is 0. The van der Waals surface area contributed by atoms with Crippen molar-refractivity contribution in [3.05, 3.63) is 175 Å². The molecule has 0 saturated heterocycles. The topological polar surface area (TPSA) is 29.6 Å². The molecule has 0 saturated carbocycles. The minimum atomic E-state index is 0.568. The third-order valence-corrected chi connectivity index (χ3v) is 10.6. The molecule has 0 atom stereocenters. The fraction of sp³-hybridized carbons (Fsp3) is 0.0222. The van der Waals surface area contributed by atoms with Crippen LogP contribution in [-0.2, 0) is 6.54 Å². The fourth-order valence-electron chi connectivity index (χ4n) is 7.01. The highest BCUT2D eigenvalue weighted by molar-refractivity contribution is 7.26. The van der Waals surface area contributed by atoms with Gasteiger partial charge in [0, 0.05) is 42.2 Å². The minimum Gasteiger partial charge on any atom is -0.309 e. The van der Waals surface area contributed by atoms with E-state index in [0.29, 0.717) is 12.4 Å². The molecule has 9 aromatic rings. The van der Waals surface area contributed by atoms with Crippen molar-refractivity contribution < 1.29 is 0 Å². The summed E-state index contributed by atoms with van der Waals surface area (Å²) in [7, 11) is 0. The van der Waals surface area contributed by atoms with Crippen molar-refractivity contribution in [2.75, 3.05) is 0 Å². The monoisotopic (exact) mass is 645 g/mol. The molecule has 0 radical (unpaired) electrons. The van der Waals surface area contributed by atoms with E-state index in [1.165, 1.54) is 53.1 Å². The smallest absolute Gasteiger partial charge is 0.154 e. The van der Waals surface area contributed by atoms with E-state index in [1.807, 2.05) is 29.5 Å². The lowest BCUT2D eigenvalue weighted by Gasteiger charge is -2.12. The predicted molar refractivity (Wildman–Crippen MR) is 211 cm³/mol. The van der Waals surface area contributed by atoms with Crippen LogP contribution in [0.4, 0.5) is 0 Å². The highest BCUT2D eigenvalue weighted by atomic mass is 32.1. The number of nitrogens with zero attached hydrogens (tertiary/aromatic N) is 3. The first-order valence-electron chi connectivity index (χ1n) is 16.5. The van der Waals surface area contributed by atoms with Gasteiger partial charge < -0.3 is 4.57 Å². The van der Waals surface area contributed by atoms with Crippen LogP contribution in [0.15, 0.2) is 174 Å². The zero-order chi connectivity index (χ0) is 32.7. The maximum atomic E-state index is 4.73. The molecule has 0 unspecified atom stereocenters. The number of fused-ring (bicyclic) bond motifs is 6. The summed E-state index contributed by atoms with van der Waals surface area (Å²) in [6.45, 7) is 4.36. The van der Waals surface area contributed by atoms with Crippen molar-refractivity contribution in [1.29, 1.82) is 0 Å². The average molecular weight is 646 g/mol. The second kappa shape index (κ2) is 12.2. The van der Waals surface area contributed by atoms with E-state index in [9.17, 15) is 0 Å². The van der Waals surface area contributed by atoms with Gasteiger partial charge in [0.25, 0.3) is 0 Å². The summed E-state index contributed by atoms with van der Waals surface area (Å²) < 4.78 is 5.06. The number of thiophene rings is 1. The molecule has 0 aliphatic rings. The molecule has 0 amide bonds. The van der Waals surface area contributed by atoms with E-state index in [2.05, 4.69) is 162 Å². The summed E-state index contributed by atoms with van der Waals surface area (Å²) in [6.07, 6.45) is 0. The third kappa shape index (κ3) is 5.14. The van der Waals surface area contributed by atoms with Crippen molar-refractivity contribution in [3.8, 4) is 27.9 Å². The first-order valence-corrected chi connectivity index (χ1v) is 17.3. The van der Waals surface area contributed by atoms with Crippen molar-refractivity contribution in [2.45, 2.75) is 6.54 Å². The molecule has 2 heterocycles. The normalized spacial score (nSPS) is 12.0. The molecule has 9 rings (SSSR count). The lowest BCUT2D eigenvalue weighted by molar-refractivity contribution is 1.06. The zero-order valence-corrected chi connectivity index (χ0v) is 27.6. The molecule has 4 heteroatoms. The van der Waals surface area contributed by atoms with Gasteiger partial charge in [-0.25, -0.2) is 4.99 Å². The molecular weight excluding hydrogens is 615 g/mol. The number of hydrogen-bond acceptors (Lipinski definition) is 2. The molecule has 0 spiro atoms. The lowest BCUT2D eigenvalue weighted by atomic mass is 10.0. The standard InChI is InChI=1S/C45H31N3S/c1-46-45(47-29-30-11-3-2-4-12-30)32-23-21-31(22-24-32)33-13-9-14-35(27-33)48-41-19-7-5-15-37(41)38-26-25-34(28-42(38)48)36-17-10-18-40-39-16-6-8-20-43(39)49-44(36)40/h2-28H,1,29H2/b47-45-. The van der Waals surface area contributed by atoms with Crippen LogP contribution in [0.2, 0.25) is 0 Å². The number of aromatic nitrogens is 1. The molecule has 0 fully saturated rings. The molecule has 3 nitrogen and oxygen atoms in total. The van der Waals surface area contributed by atoms with Crippen LogP contribution in [0, 0.1) is 0 Å². The fourth-order valence-corrected chi connectivity index (χ4v) is 8.25. The van der Waals surface area contributed by atoms with Crippen molar-refractivity contribution in [2.24, 2.45) is 9.98 Å². The quantitative estimate of drug-likeness (QED) is 0.127. The van der Waals surface area contributed by atoms with Gasteiger partial charge >= 0.3 is 0 Å². The highest BCUT2D eigenvalue weighted by Crippen LogP contribution is 2.42. The SMILES string of the molecule is C=N/C(=N\Cc1ccccc1)c1ccc(-c2cccc(-n3c4ccccc4c4ccc(-c5cccc6c5sc5ccccc56)cc43)c2)cc1. The Hall–Kier alpha value is -6.10. The third-order valence-electron chi connectivity index (χ3n) is 9.37. The van der Waals surface area contributed by atoms with Gasteiger partial charge in [-0.15, -0.1) is 11.3 Å². The van der Waals surface area contributed by atoms with E-state index >= 15 is 0 Å². The molecule has 2 aromatic heterocycles. The molecule has 0 aliphatic carbocycles. The molecule has 0 N–H and O–H groups in total. The Balaban J connectivity index is 1.13. The Morgan fingerprint density at radius 3 is 2.12 bits per heavy atom. The van der Waals surface area contributed by atoms with Gasteiger partial charge in [-0.05, 0) is 64.9 Å². The van der Waals surface area contributed by atoms with E-state index < -0.39 is 0 Å². The summed E-state index contributed by atoms with van der Waals surface area (Å²) in [5, 5.41) is 5.13. The number of benzene rings is 7. The zero-order valence-electron chi connectivity index (χ0n) is 26.8. The van der Waals surface area contributed by atoms with Crippen molar-refractivity contribution in [1.82, 2.24) is 4.57 Å². The Morgan fingerprint density at radius 1 is 0.551 bits per heavy atom. The van der Waals surface area contributed by atoms with Crippen LogP contribution in [0.5, 0.6) is 0 Å². The predicted octanol–water partition coefficient (Wildman–Crippen LogP) is 12.1. The molecule has 232 valence electrons. The van der Waals surface area contributed by atoms with Gasteiger partial charge in [0.2, 0.25) is 0 Å². The van der Waals surface area contributed by atoms with Gasteiger partial charge in [-0.3, -0.25) is 4.99 Å². The van der Waals surface area contributed by atoms with E-state index in [-0.39, 0.29) is 0 Å². The average Bonchev–Trinajstić information content (AvgIpc) is 3.71. The first-order chi connectivity index (χ1) is 24.2. The van der Waals surface area contributed by atoms with Crippen LogP contribution < -0.4 is 0 Å². The summed E-state index contributed by atoms with van der Waals surface area (Å²) >= 11 is 1.88. The van der Waals surface area contributed by atoms with Crippen LogP contribution >= 0.6 is 11.3 Å². The van der Waals surface area contributed by atoms with Crippen LogP contribution in [0.1, 0.15) is 11.1 Å². The lowest BCUT2D eigenvalue weighted by Crippen LogP contribution is -1.98.